The molecule has 5 nitrogen and oxygen atoms in total. The van der Waals surface area contributed by atoms with Gasteiger partial charge in [0, 0.05) is 18.1 Å². The number of carbonyl (C=O) groups is 1. The molecule has 1 aliphatic carbocycles. The fourth-order valence-electron chi connectivity index (χ4n) is 3.51. The van der Waals surface area contributed by atoms with Gasteiger partial charge in [0.15, 0.2) is 0 Å². The van der Waals surface area contributed by atoms with Crippen molar-refractivity contribution < 1.29 is 9.90 Å². The van der Waals surface area contributed by atoms with Crippen LogP contribution >= 0.6 is 11.3 Å². The Labute approximate surface area is 145 Å². The van der Waals surface area contributed by atoms with Gasteiger partial charge in [0.05, 0.1) is 18.7 Å². The van der Waals surface area contributed by atoms with Crippen LogP contribution in [-0.4, -0.2) is 34.2 Å². The standard InChI is InChI=1S/C18H21N3O2S/c22-11-15-14-4-2-1-3-12(14)7-9-21(15)18(23)20-16(13-5-6-13)17-19-8-10-24-17/h1-4,8,10,13,15-16,22H,5-7,9,11H2,(H,20,23). The van der Waals surface area contributed by atoms with Crippen LogP contribution in [0.5, 0.6) is 0 Å². The molecule has 2 unspecified atom stereocenters. The number of carbonyl (C=O) groups excluding carboxylic acids is 1. The molecule has 4 rings (SSSR count). The van der Waals surface area contributed by atoms with Crippen molar-refractivity contribution in [3.63, 3.8) is 0 Å². The second-order valence-corrected chi connectivity index (χ2v) is 7.40. The van der Waals surface area contributed by atoms with Gasteiger partial charge in [0.1, 0.15) is 5.01 Å². The molecule has 2 atom stereocenters. The Balaban J connectivity index is 1.53. The number of rotatable bonds is 4. The minimum absolute atomic E-state index is 0.00554. The molecule has 0 radical (unpaired) electrons. The largest absolute Gasteiger partial charge is 0.394 e. The molecular weight excluding hydrogens is 322 g/mol. The minimum Gasteiger partial charge on any atom is -0.394 e. The first kappa shape index (κ1) is 15.6. The summed E-state index contributed by atoms with van der Waals surface area (Å²) >= 11 is 1.59. The Morgan fingerprint density at radius 3 is 2.96 bits per heavy atom. The molecule has 126 valence electrons. The highest BCUT2D eigenvalue weighted by Gasteiger charge is 2.37. The van der Waals surface area contributed by atoms with Gasteiger partial charge in [0.25, 0.3) is 0 Å². The van der Waals surface area contributed by atoms with E-state index in [0.717, 1.165) is 29.8 Å². The second-order valence-electron chi connectivity index (χ2n) is 6.48. The number of amides is 2. The average molecular weight is 343 g/mol. The first-order valence-corrected chi connectivity index (χ1v) is 9.31. The predicted octanol–water partition coefficient (Wildman–Crippen LogP) is 2.90. The normalized spacial score (nSPS) is 21.2. The molecule has 0 spiro atoms. The molecule has 1 aliphatic heterocycles. The number of urea groups is 1. The van der Waals surface area contributed by atoms with E-state index in [2.05, 4.69) is 16.4 Å². The molecule has 2 aromatic rings. The molecule has 1 aromatic carbocycles. The molecule has 2 amide bonds. The molecule has 0 bridgehead atoms. The highest BCUT2D eigenvalue weighted by molar-refractivity contribution is 7.09. The third-order valence-electron chi connectivity index (χ3n) is 4.94. The van der Waals surface area contributed by atoms with Gasteiger partial charge in [-0.25, -0.2) is 9.78 Å². The lowest BCUT2D eigenvalue weighted by Crippen LogP contribution is -2.48. The van der Waals surface area contributed by atoms with E-state index in [1.165, 1.54) is 5.56 Å². The maximum Gasteiger partial charge on any atom is 0.318 e. The van der Waals surface area contributed by atoms with Crippen molar-refractivity contribution in [2.24, 2.45) is 5.92 Å². The van der Waals surface area contributed by atoms with Crippen molar-refractivity contribution in [2.45, 2.75) is 31.3 Å². The summed E-state index contributed by atoms with van der Waals surface area (Å²) in [7, 11) is 0. The lowest BCUT2D eigenvalue weighted by Gasteiger charge is -2.37. The monoisotopic (exact) mass is 343 g/mol. The van der Waals surface area contributed by atoms with Crippen LogP contribution in [0.25, 0.3) is 0 Å². The number of aromatic nitrogens is 1. The van der Waals surface area contributed by atoms with E-state index in [0.29, 0.717) is 12.5 Å². The smallest absolute Gasteiger partial charge is 0.318 e. The fourth-order valence-corrected chi connectivity index (χ4v) is 4.29. The molecule has 0 saturated heterocycles. The summed E-state index contributed by atoms with van der Waals surface area (Å²) in [4.78, 5) is 19.1. The van der Waals surface area contributed by atoms with Gasteiger partial charge in [0.2, 0.25) is 0 Å². The summed E-state index contributed by atoms with van der Waals surface area (Å²) in [5.74, 6) is 0.491. The SMILES string of the molecule is O=C(NC(c1nccs1)C1CC1)N1CCc2ccccc2C1CO. The first-order valence-electron chi connectivity index (χ1n) is 8.43. The van der Waals surface area contributed by atoms with Crippen LogP contribution in [0, 0.1) is 5.92 Å². The Hall–Kier alpha value is -1.92. The number of fused-ring (bicyclic) bond motifs is 1. The molecule has 2 aliphatic rings. The molecule has 24 heavy (non-hydrogen) atoms. The van der Waals surface area contributed by atoms with Crippen LogP contribution < -0.4 is 5.32 Å². The van der Waals surface area contributed by atoms with Gasteiger partial charge in [-0.05, 0) is 36.3 Å². The summed E-state index contributed by atoms with van der Waals surface area (Å²) in [6.07, 6.45) is 4.88. The van der Waals surface area contributed by atoms with E-state index in [9.17, 15) is 9.90 Å². The van der Waals surface area contributed by atoms with E-state index >= 15 is 0 Å². The van der Waals surface area contributed by atoms with Crippen LogP contribution in [0.3, 0.4) is 0 Å². The van der Waals surface area contributed by atoms with Crippen LogP contribution in [0.1, 0.15) is 41.1 Å². The maximum atomic E-state index is 12.9. The zero-order chi connectivity index (χ0) is 16.5. The predicted molar refractivity (Wildman–Crippen MR) is 92.8 cm³/mol. The van der Waals surface area contributed by atoms with E-state index in [1.54, 1.807) is 22.4 Å². The topological polar surface area (TPSA) is 65.5 Å². The van der Waals surface area contributed by atoms with Crippen molar-refractivity contribution in [1.29, 1.82) is 0 Å². The van der Waals surface area contributed by atoms with E-state index in [-0.39, 0.29) is 24.7 Å². The Bertz CT molecular complexity index is 715. The van der Waals surface area contributed by atoms with Crippen molar-refractivity contribution in [2.75, 3.05) is 13.2 Å². The van der Waals surface area contributed by atoms with Gasteiger partial charge in [-0.1, -0.05) is 24.3 Å². The van der Waals surface area contributed by atoms with Crippen LogP contribution in [0.4, 0.5) is 4.79 Å². The van der Waals surface area contributed by atoms with E-state index in [4.69, 9.17) is 0 Å². The average Bonchev–Trinajstić information content (AvgIpc) is 3.32. The molecule has 2 N–H and O–H groups in total. The number of thiazole rings is 1. The summed E-state index contributed by atoms with van der Waals surface area (Å²) in [6.45, 7) is 0.569. The Morgan fingerprint density at radius 1 is 1.42 bits per heavy atom. The lowest BCUT2D eigenvalue weighted by atomic mass is 9.93. The number of nitrogens with zero attached hydrogens (tertiary/aromatic N) is 2. The van der Waals surface area contributed by atoms with Crippen LogP contribution in [0.15, 0.2) is 35.8 Å². The third-order valence-corrected chi connectivity index (χ3v) is 5.79. The van der Waals surface area contributed by atoms with E-state index in [1.807, 2.05) is 23.6 Å². The fraction of sp³-hybridized carbons (Fsp3) is 0.444. The van der Waals surface area contributed by atoms with Crippen LogP contribution in [-0.2, 0) is 6.42 Å². The first-order chi connectivity index (χ1) is 11.8. The molecule has 1 fully saturated rings. The number of nitrogens with one attached hydrogen (secondary N) is 1. The molecular formula is C18H21N3O2S. The van der Waals surface area contributed by atoms with Gasteiger partial charge >= 0.3 is 6.03 Å². The third kappa shape index (κ3) is 2.91. The Kier molecular flexibility index (Phi) is 4.24. The zero-order valence-electron chi connectivity index (χ0n) is 13.4. The number of benzene rings is 1. The molecule has 6 heteroatoms. The quantitative estimate of drug-likeness (QED) is 0.897. The van der Waals surface area contributed by atoms with Crippen molar-refractivity contribution in [3.05, 3.63) is 52.0 Å². The van der Waals surface area contributed by atoms with Gasteiger partial charge in [-0.2, -0.15) is 0 Å². The lowest BCUT2D eigenvalue weighted by molar-refractivity contribution is 0.124. The minimum atomic E-state index is -0.272. The van der Waals surface area contributed by atoms with Crippen LogP contribution in [0.2, 0.25) is 0 Å². The highest BCUT2D eigenvalue weighted by Crippen LogP contribution is 2.42. The highest BCUT2D eigenvalue weighted by atomic mass is 32.1. The Morgan fingerprint density at radius 2 is 2.25 bits per heavy atom. The number of hydrogen-bond donors (Lipinski definition) is 2. The van der Waals surface area contributed by atoms with Gasteiger partial charge < -0.3 is 15.3 Å². The van der Waals surface area contributed by atoms with Crippen molar-refractivity contribution in [1.82, 2.24) is 15.2 Å². The summed E-state index contributed by atoms with van der Waals surface area (Å²) in [6, 6.07) is 7.68. The molecule has 1 saturated carbocycles. The maximum absolute atomic E-state index is 12.9. The summed E-state index contributed by atoms with van der Waals surface area (Å²) < 4.78 is 0. The number of aliphatic hydroxyl groups excluding tert-OH is 1. The molecule has 1 aromatic heterocycles. The molecule has 2 heterocycles. The van der Waals surface area contributed by atoms with Crippen molar-refractivity contribution >= 4 is 17.4 Å². The second kappa shape index (κ2) is 6.53. The van der Waals surface area contributed by atoms with Gasteiger partial charge in [-0.15, -0.1) is 11.3 Å². The van der Waals surface area contributed by atoms with Gasteiger partial charge in [-0.3, -0.25) is 0 Å². The number of hydrogen-bond acceptors (Lipinski definition) is 4. The number of aliphatic hydroxyl groups is 1. The van der Waals surface area contributed by atoms with E-state index < -0.39 is 0 Å². The van der Waals surface area contributed by atoms with Crippen molar-refractivity contribution in [3.8, 4) is 0 Å². The summed E-state index contributed by atoms with van der Waals surface area (Å²) in [5.41, 5.74) is 2.28. The zero-order valence-corrected chi connectivity index (χ0v) is 14.2. The summed E-state index contributed by atoms with van der Waals surface area (Å²) in [5, 5.41) is 16.0.